The molecule has 27 heavy (non-hydrogen) atoms. The van der Waals surface area contributed by atoms with Crippen molar-refractivity contribution in [1.29, 1.82) is 0 Å². The minimum atomic E-state index is -1.22. The van der Waals surface area contributed by atoms with E-state index in [1.807, 2.05) is 0 Å². The average Bonchev–Trinajstić information content (AvgIpc) is 3.12. The van der Waals surface area contributed by atoms with Crippen LogP contribution in [-0.4, -0.2) is 41.0 Å². The van der Waals surface area contributed by atoms with Gasteiger partial charge in [0, 0.05) is 11.8 Å². The molecule has 0 unspecified atom stereocenters. The summed E-state index contributed by atoms with van der Waals surface area (Å²) < 4.78 is 10.5. The molecule has 0 radical (unpaired) electrons. The Morgan fingerprint density at radius 3 is 2.44 bits per heavy atom. The van der Waals surface area contributed by atoms with Crippen molar-refractivity contribution in [2.24, 2.45) is 5.41 Å². The summed E-state index contributed by atoms with van der Waals surface area (Å²) in [5, 5.41) is 13.9. The van der Waals surface area contributed by atoms with Crippen LogP contribution < -0.4 is 15.4 Å². The fourth-order valence-corrected chi connectivity index (χ4v) is 2.35. The fraction of sp³-hybridized carbons (Fsp3) is 0.333. The van der Waals surface area contributed by atoms with Crippen LogP contribution in [-0.2, 0) is 14.4 Å². The SMILES string of the molecule is COc1cc(NC(=O)C(=O)N[C@H](C(=O)O)C(C)(C)C)ccc1-c1cnco1. The van der Waals surface area contributed by atoms with Gasteiger partial charge in [0.25, 0.3) is 0 Å². The second-order valence-electron chi connectivity index (χ2n) is 6.85. The smallest absolute Gasteiger partial charge is 0.326 e. The van der Waals surface area contributed by atoms with Gasteiger partial charge in [0.2, 0.25) is 0 Å². The summed E-state index contributed by atoms with van der Waals surface area (Å²) in [6, 6.07) is 3.51. The molecule has 0 aliphatic rings. The van der Waals surface area contributed by atoms with E-state index in [0.717, 1.165) is 0 Å². The molecule has 0 aliphatic heterocycles. The zero-order chi connectivity index (χ0) is 20.2. The van der Waals surface area contributed by atoms with E-state index in [9.17, 15) is 19.5 Å². The van der Waals surface area contributed by atoms with Gasteiger partial charge in [-0.3, -0.25) is 9.59 Å². The van der Waals surface area contributed by atoms with E-state index < -0.39 is 29.2 Å². The van der Waals surface area contributed by atoms with Gasteiger partial charge >= 0.3 is 17.8 Å². The van der Waals surface area contributed by atoms with Crippen molar-refractivity contribution in [1.82, 2.24) is 10.3 Å². The van der Waals surface area contributed by atoms with E-state index in [0.29, 0.717) is 22.8 Å². The number of oxazole rings is 1. The molecule has 0 bridgehead atoms. The highest BCUT2D eigenvalue weighted by atomic mass is 16.5. The molecule has 0 aliphatic carbocycles. The predicted molar refractivity (Wildman–Crippen MR) is 96.1 cm³/mol. The first kappa shape index (κ1) is 20.0. The molecule has 144 valence electrons. The highest BCUT2D eigenvalue weighted by molar-refractivity contribution is 6.40. The quantitative estimate of drug-likeness (QED) is 0.680. The van der Waals surface area contributed by atoms with Gasteiger partial charge < -0.3 is 24.9 Å². The van der Waals surface area contributed by atoms with Crippen LogP contribution in [0.3, 0.4) is 0 Å². The van der Waals surface area contributed by atoms with Crippen LogP contribution >= 0.6 is 0 Å². The van der Waals surface area contributed by atoms with Gasteiger partial charge in [-0.25, -0.2) is 9.78 Å². The highest BCUT2D eigenvalue weighted by Crippen LogP contribution is 2.32. The minimum absolute atomic E-state index is 0.304. The maximum atomic E-state index is 12.1. The lowest BCUT2D eigenvalue weighted by Gasteiger charge is -2.27. The summed E-state index contributed by atoms with van der Waals surface area (Å²) in [7, 11) is 1.45. The molecule has 3 N–H and O–H groups in total. The van der Waals surface area contributed by atoms with E-state index in [4.69, 9.17) is 9.15 Å². The summed E-state index contributed by atoms with van der Waals surface area (Å²) in [4.78, 5) is 39.4. The van der Waals surface area contributed by atoms with Crippen molar-refractivity contribution in [3.63, 3.8) is 0 Å². The maximum Gasteiger partial charge on any atom is 0.326 e. The number of carboxylic acid groups (broad SMARTS) is 1. The third-order valence-electron chi connectivity index (χ3n) is 3.75. The molecule has 0 saturated carbocycles. The molecule has 0 spiro atoms. The first-order chi connectivity index (χ1) is 12.6. The third-order valence-corrected chi connectivity index (χ3v) is 3.75. The highest BCUT2D eigenvalue weighted by Gasteiger charge is 2.34. The van der Waals surface area contributed by atoms with Crippen LogP contribution in [0.2, 0.25) is 0 Å². The van der Waals surface area contributed by atoms with Crippen LogP contribution in [0.5, 0.6) is 5.75 Å². The number of ether oxygens (including phenoxy) is 1. The lowest BCUT2D eigenvalue weighted by Crippen LogP contribution is -2.52. The second kappa shape index (κ2) is 7.90. The van der Waals surface area contributed by atoms with Crippen LogP contribution in [0.4, 0.5) is 5.69 Å². The molecule has 9 nitrogen and oxygen atoms in total. The minimum Gasteiger partial charge on any atom is -0.496 e. The van der Waals surface area contributed by atoms with E-state index in [1.54, 1.807) is 32.9 Å². The average molecular weight is 375 g/mol. The molecule has 1 heterocycles. The Balaban J connectivity index is 2.13. The second-order valence-corrected chi connectivity index (χ2v) is 6.85. The Hall–Kier alpha value is -3.36. The van der Waals surface area contributed by atoms with Crippen LogP contribution in [0.25, 0.3) is 11.3 Å². The normalized spacial score (nSPS) is 12.1. The van der Waals surface area contributed by atoms with Gasteiger partial charge in [-0.1, -0.05) is 20.8 Å². The Morgan fingerprint density at radius 2 is 1.93 bits per heavy atom. The first-order valence-electron chi connectivity index (χ1n) is 8.05. The standard InChI is InChI=1S/C18H21N3O6/c1-18(2,3)14(17(24)25)21-16(23)15(22)20-10-5-6-11(12(7-10)26-4)13-8-19-9-27-13/h5-9,14H,1-4H3,(H,20,22)(H,21,23)(H,24,25)/t14-/m1/s1. The number of amides is 2. The molecule has 1 atom stereocenters. The zero-order valence-electron chi connectivity index (χ0n) is 15.4. The lowest BCUT2D eigenvalue weighted by atomic mass is 9.87. The van der Waals surface area contributed by atoms with Gasteiger partial charge in [0.05, 0.1) is 18.9 Å². The fourth-order valence-electron chi connectivity index (χ4n) is 2.35. The van der Waals surface area contributed by atoms with Crippen molar-refractivity contribution in [3.05, 3.63) is 30.8 Å². The van der Waals surface area contributed by atoms with Gasteiger partial charge in [0.15, 0.2) is 12.2 Å². The predicted octanol–water partition coefficient (Wildman–Crippen LogP) is 1.90. The molecule has 2 aromatic rings. The number of carboxylic acids is 1. The molecular weight excluding hydrogens is 354 g/mol. The number of nitrogens with one attached hydrogen (secondary N) is 2. The summed E-state index contributed by atoms with van der Waals surface area (Å²) in [6.07, 6.45) is 2.80. The number of rotatable bonds is 5. The number of nitrogens with zero attached hydrogens (tertiary/aromatic N) is 1. The van der Waals surface area contributed by atoms with Gasteiger partial charge in [0.1, 0.15) is 11.8 Å². The number of hydrogen-bond donors (Lipinski definition) is 3. The molecule has 0 saturated heterocycles. The molecule has 2 amide bonds. The van der Waals surface area contributed by atoms with Crippen molar-refractivity contribution in [2.45, 2.75) is 26.8 Å². The van der Waals surface area contributed by atoms with Crippen molar-refractivity contribution in [2.75, 3.05) is 12.4 Å². The number of aliphatic carboxylic acids is 1. The van der Waals surface area contributed by atoms with Crippen LogP contribution in [0, 0.1) is 5.41 Å². The summed E-state index contributed by atoms with van der Waals surface area (Å²) >= 11 is 0. The zero-order valence-corrected chi connectivity index (χ0v) is 15.4. The van der Waals surface area contributed by atoms with Crippen molar-refractivity contribution in [3.8, 4) is 17.1 Å². The third kappa shape index (κ3) is 4.84. The molecule has 2 rings (SSSR count). The Kier molecular flexibility index (Phi) is 5.84. The number of hydrogen-bond acceptors (Lipinski definition) is 6. The van der Waals surface area contributed by atoms with Crippen molar-refractivity contribution < 1.29 is 28.6 Å². The molecule has 0 fully saturated rings. The number of aromatic nitrogens is 1. The largest absolute Gasteiger partial charge is 0.496 e. The number of carbonyl (C=O) groups is 3. The Bertz CT molecular complexity index is 839. The van der Waals surface area contributed by atoms with Gasteiger partial charge in [-0.05, 0) is 17.5 Å². The van der Waals surface area contributed by atoms with E-state index in [-0.39, 0.29) is 0 Å². The first-order valence-corrected chi connectivity index (χ1v) is 8.05. The molecule has 1 aromatic carbocycles. The number of anilines is 1. The maximum absolute atomic E-state index is 12.1. The summed E-state index contributed by atoms with van der Waals surface area (Å²) in [5.74, 6) is -2.36. The van der Waals surface area contributed by atoms with E-state index in [1.165, 1.54) is 25.8 Å². The van der Waals surface area contributed by atoms with Gasteiger partial charge in [-0.15, -0.1) is 0 Å². The number of benzene rings is 1. The summed E-state index contributed by atoms with van der Waals surface area (Å²) in [6.45, 7) is 4.95. The number of carbonyl (C=O) groups excluding carboxylic acids is 2. The Morgan fingerprint density at radius 1 is 1.22 bits per heavy atom. The summed E-state index contributed by atoms with van der Waals surface area (Å²) in [5.41, 5.74) is 0.165. The van der Waals surface area contributed by atoms with Gasteiger partial charge in [-0.2, -0.15) is 0 Å². The molecular formula is C18H21N3O6. The topological polar surface area (TPSA) is 131 Å². The lowest BCUT2D eigenvalue weighted by molar-refractivity contribution is -0.146. The Labute approximate surface area is 155 Å². The van der Waals surface area contributed by atoms with Crippen LogP contribution in [0.1, 0.15) is 20.8 Å². The van der Waals surface area contributed by atoms with Crippen LogP contribution in [0.15, 0.2) is 35.2 Å². The van der Waals surface area contributed by atoms with E-state index >= 15 is 0 Å². The monoisotopic (exact) mass is 375 g/mol. The number of methoxy groups -OCH3 is 1. The molecule has 9 heteroatoms. The van der Waals surface area contributed by atoms with Crippen molar-refractivity contribution >= 4 is 23.5 Å². The molecule has 1 aromatic heterocycles. The van der Waals surface area contributed by atoms with E-state index in [2.05, 4.69) is 15.6 Å².